The highest BCUT2D eigenvalue weighted by atomic mass is 16.5. The lowest BCUT2D eigenvalue weighted by Crippen LogP contribution is -2.20. The molecule has 1 atom stereocenters. The number of allylic oxidation sites excluding steroid dienone is 1. The number of hydrogen-bond donors (Lipinski definition) is 2. The number of aromatic nitrogens is 3. The van der Waals surface area contributed by atoms with Crippen molar-refractivity contribution in [3.8, 4) is 5.75 Å². The third kappa shape index (κ3) is 1.90. The fraction of sp³-hybridized carbons (Fsp3) is 0.308. The van der Waals surface area contributed by atoms with Crippen LogP contribution >= 0.6 is 0 Å². The summed E-state index contributed by atoms with van der Waals surface area (Å²) in [4.78, 5) is 11.3. The fourth-order valence-corrected chi connectivity index (χ4v) is 2.38. The molecule has 1 heterocycles. The van der Waals surface area contributed by atoms with Crippen molar-refractivity contribution in [2.75, 3.05) is 7.11 Å². The van der Waals surface area contributed by atoms with Gasteiger partial charge < -0.3 is 9.84 Å². The maximum Gasteiger partial charge on any atom is 0.139 e. The van der Waals surface area contributed by atoms with Crippen LogP contribution in [0.2, 0.25) is 0 Å². The number of carbonyl (C=O) groups excluding carboxylic acids is 1. The number of aliphatic hydroxyl groups is 1. The minimum absolute atomic E-state index is 0.0301. The van der Waals surface area contributed by atoms with Crippen LogP contribution in [0, 0.1) is 0 Å². The zero-order valence-corrected chi connectivity index (χ0v) is 10.4. The van der Waals surface area contributed by atoms with Gasteiger partial charge in [0, 0.05) is 12.8 Å². The third-order valence-corrected chi connectivity index (χ3v) is 3.29. The van der Waals surface area contributed by atoms with E-state index in [9.17, 15) is 9.90 Å². The van der Waals surface area contributed by atoms with Crippen LogP contribution in [0.1, 0.15) is 18.4 Å². The molecule has 98 valence electrons. The molecule has 1 aliphatic carbocycles. The van der Waals surface area contributed by atoms with Gasteiger partial charge in [-0.25, -0.2) is 0 Å². The molecule has 1 aliphatic rings. The number of ether oxygens (including phenoxy) is 1. The first kappa shape index (κ1) is 11.9. The minimum atomic E-state index is -0.822. The topological polar surface area (TPSA) is 88.1 Å². The zero-order chi connectivity index (χ0) is 13.4. The van der Waals surface area contributed by atoms with Crippen LogP contribution in [0.15, 0.2) is 18.2 Å². The predicted octanol–water partition coefficient (Wildman–Crippen LogP) is 1.07. The zero-order valence-electron chi connectivity index (χ0n) is 10.4. The van der Waals surface area contributed by atoms with Gasteiger partial charge in [0.25, 0.3) is 0 Å². The average molecular weight is 259 g/mol. The molecule has 0 saturated carbocycles. The molecule has 0 bridgehead atoms. The van der Waals surface area contributed by atoms with E-state index in [0.717, 1.165) is 0 Å². The van der Waals surface area contributed by atoms with E-state index in [0.29, 0.717) is 34.3 Å². The van der Waals surface area contributed by atoms with E-state index in [1.165, 1.54) is 0 Å². The second-order valence-corrected chi connectivity index (χ2v) is 4.46. The number of nitrogens with zero attached hydrogens (tertiary/aromatic N) is 2. The van der Waals surface area contributed by atoms with Gasteiger partial charge in [-0.2, -0.15) is 15.4 Å². The Kier molecular flexibility index (Phi) is 2.79. The number of carbonyl (C=O) groups is 1. The lowest BCUT2D eigenvalue weighted by atomic mass is 9.89. The molecule has 0 amide bonds. The van der Waals surface area contributed by atoms with E-state index in [4.69, 9.17) is 4.74 Å². The van der Waals surface area contributed by atoms with Gasteiger partial charge >= 0.3 is 0 Å². The number of aliphatic hydroxyl groups excluding tert-OH is 1. The predicted molar refractivity (Wildman–Crippen MR) is 68.7 cm³/mol. The van der Waals surface area contributed by atoms with Crippen molar-refractivity contribution in [3.63, 3.8) is 0 Å². The number of Topliss-reactive ketones (excluding diaryl/α,β-unsaturated/α-hetero) is 1. The number of H-pyrrole nitrogens is 1. The maximum absolute atomic E-state index is 11.3. The lowest BCUT2D eigenvalue weighted by Gasteiger charge is -2.20. The Morgan fingerprint density at radius 2 is 2.26 bits per heavy atom. The summed E-state index contributed by atoms with van der Waals surface area (Å²) in [6, 6.07) is 3.58. The maximum atomic E-state index is 11.3. The van der Waals surface area contributed by atoms with Crippen molar-refractivity contribution >= 4 is 22.4 Å². The van der Waals surface area contributed by atoms with E-state index in [2.05, 4.69) is 15.4 Å². The van der Waals surface area contributed by atoms with Crippen LogP contribution in [-0.2, 0) is 4.79 Å². The molecule has 0 radical (unpaired) electrons. The van der Waals surface area contributed by atoms with Gasteiger partial charge in [-0.05, 0) is 17.7 Å². The number of rotatable bonds is 2. The van der Waals surface area contributed by atoms with Crippen LogP contribution in [0.4, 0.5) is 0 Å². The summed E-state index contributed by atoms with van der Waals surface area (Å²) < 4.78 is 5.33. The molecule has 0 aliphatic heterocycles. The number of aromatic amines is 1. The highest BCUT2D eigenvalue weighted by Crippen LogP contribution is 2.36. The summed E-state index contributed by atoms with van der Waals surface area (Å²) >= 11 is 0. The molecule has 2 N–H and O–H groups in total. The monoisotopic (exact) mass is 259 g/mol. The van der Waals surface area contributed by atoms with E-state index < -0.39 is 6.10 Å². The third-order valence-electron chi connectivity index (χ3n) is 3.29. The Hall–Kier alpha value is -2.21. The van der Waals surface area contributed by atoms with Gasteiger partial charge in [0.2, 0.25) is 0 Å². The van der Waals surface area contributed by atoms with Crippen molar-refractivity contribution in [2.45, 2.75) is 18.9 Å². The molecular formula is C13H13N3O3. The van der Waals surface area contributed by atoms with Crippen molar-refractivity contribution in [3.05, 3.63) is 23.8 Å². The number of hydrogen-bond acceptors (Lipinski definition) is 5. The van der Waals surface area contributed by atoms with E-state index in [1.807, 2.05) is 0 Å². The van der Waals surface area contributed by atoms with Crippen molar-refractivity contribution < 1.29 is 14.6 Å². The first-order chi connectivity index (χ1) is 9.20. The molecule has 0 spiro atoms. The van der Waals surface area contributed by atoms with Gasteiger partial charge in [-0.3, -0.25) is 4.79 Å². The second kappa shape index (κ2) is 4.47. The van der Waals surface area contributed by atoms with Crippen molar-refractivity contribution in [1.29, 1.82) is 0 Å². The Morgan fingerprint density at radius 1 is 1.42 bits per heavy atom. The first-order valence-electron chi connectivity index (χ1n) is 5.98. The van der Waals surface area contributed by atoms with Crippen molar-refractivity contribution in [1.82, 2.24) is 15.4 Å². The van der Waals surface area contributed by atoms with E-state index >= 15 is 0 Å². The molecule has 3 rings (SSSR count). The highest BCUT2D eigenvalue weighted by Gasteiger charge is 2.26. The molecule has 1 aromatic carbocycles. The number of ketones is 1. The molecule has 1 aromatic heterocycles. The Balaban J connectivity index is 2.23. The largest absolute Gasteiger partial charge is 0.496 e. The smallest absolute Gasteiger partial charge is 0.139 e. The van der Waals surface area contributed by atoms with Gasteiger partial charge in [0.15, 0.2) is 0 Å². The SMILES string of the molecule is COc1ccc2n[nH]nc2c1C1=CCC(=O)CC1O. The average Bonchev–Trinajstić information content (AvgIpc) is 2.86. The van der Waals surface area contributed by atoms with Crippen LogP contribution in [0.3, 0.4) is 0 Å². The molecule has 6 heteroatoms. The first-order valence-corrected chi connectivity index (χ1v) is 5.98. The lowest BCUT2D eigenvalue weighted by molar-refractivity contribution is -0.119. The van der Waals surface area contributed by atoms with Crippen LogP contribution < -0.4 is 4.74 Å². The van der Waals surface area contributed by atoms with Gasteiger partial charge in [-0.1, -0.05) is 6.08 Å². The van der Waals surface area contributed by atoms with Crippen LogP contribution in [0.25, 0.3) is 16.6 Å². The Labute approximate surface area is 109 Å². The van der Waals surface area contributed by atoms with Crippen molar-refractivity contribution in [2.24, 2.45) is 0 Å². The normalized spacial score (nSPS) is 19.6. The number of nitrogens with one attached hydrogen (secondary N) is 1. The van der Waals surface area contributed by atoms with E-state index in [-0.39, 0.29) is 12.2 Å². The molecular weight excluding hydrogens is 246 g/mol. The van der Waals surface area contributed by atoms with Crippen LogP contribution in [-0.4, -0.2) is 39.5 Å². The number of benzene rings is 1. The summed E-state index contributed by atoms with van der Waals surface area (Å²) in [5.41, 5.74) is 2.71. The standard InChI is InChI=1S/C13H13N3O3/c1-19-11-5-4-9-13(15-16-14-9)12(11)8-3-2-7(17)6-10(8)18/h3-5,10,18H,2,6H2,1H3,(H,14,15,16). The molecule has 0 fully saturated rings. The van der Waals surface area contributed by atoms with Gasteiger partial charge in [0.1, 0.15) is 22.6 Å². The summed E-state index contributed by atoms with van der Waals surface area (Å²) in [6.45, 7) is 0. The Morgan fingerprint density at radius 3 is 3.00 bits per heavy atom. The molecule has 6 nitrogen and oxygen atoms in total. The summed E-state index contributed by atoms with van der Waals surface area (Å²) in [6.07, 6.45) is 1.37. The molecule has 2 aromatic rings. The van der Waals surface area contributed by atoms with Crippen LogP contribution in [0.5, 0.6) is 5.75 Å². The second-order valence-electron chi connectivity index (χ2n) is 4.46. The summed E-state index contributed by atoms with van der Waals surface area (Å²) in [7, 11) is 1.56. The number of fused-ring (bicyclic) bond motifs is 1. The van der Waals surface area contributed by atoms with Gasteiger partial charge in [0.05, 0.1) is 18.8 Å². The fourth-order valence-electron chi connectivity index (χ4n) is 2.38. The Bertz CT molecular complexity index is 675. The molecule has 0 saturated heterocycles. The summed E-state index contributed by atoms with van der Waals surface area (Å²) in [5, 5.41) is 20.8. The van der Waals surface area contributed by atoms with Gasteiger partial charge in [-0.15, -0.1) is 0 Å². The number of methoxy groups -OCH3 is 1. The molecule has 1 unspecified atom stereocenters. The molecule has 19 heavy (non-hydrogen) atoms. The highest BCUT2D eigenvalue weighted by molar-refractivity contribution is 5.97. The van der Waals surface area contributed by atoms with E-state index in [1.54, 1.807) is 25.3 Å². The summed E-state index contributed by atoms with van der Waals surface area (Å²) in [5.74, 6) is 0.642. The minimum Gasteiger partial charge on any atom is -0.496 e. The quantitative estimate of drug-likeness (QED) is 0.842.